The Balaban J connectivity index is 1.09. The molecule has 7 heteroatoms. The zero-order valence-corrected chi connectivity index (χ0v) is 28.2. The number of benzene rings is 3. The van der Waals surface area contributed by atoms with Crippen LogP contribution in [-0.4, -0.2) is 60.4 Å². The van der Waals surface area contributed by atoms with Crippen molar-refractivity contribution in [1.29, 1.82) is 0 Å². The lowest BCUT2D eigenvalue weighted by atomic mass is 9.88. The number of aliphatic hydroxyl groups is 1. The molecule has 0 aromatic heterocycles. The van der Waals surface area contributed by atoms with Crippen LogP contribution in [0.2, 0.25) is 0 Å². The Hall–Kier alpha value is -4.59. The van der Waals surface area contributed by atoms with Gasteiger partial charge in [-0.2, -0.15) is 0 Å². The maximum atomic E-state index is 13.0. The van der Waals surface area contributed by atoms with Crippen LogP contribution in [0.25, 0.3) is 5.70 Å². The van der Waals surface area contributed by atoms with Crippen LogP contribution in [0.4, 0.5) is 11.4 Å². The third-order valence-corrected chi connectivity index (χ3v) is 9.52. The van der Waals surface area contributed by atoms with Gasteiger partial charge in [0, 0.05) is 41.8 Å². The van der Waals surface area contributed by atoms with Crippen molar-refractivity contribution in [2.75, 3.05) is 36.4 Å². The molecule has 0 spiro atoms. The first-order valence-corrected chi connectivity index (χ1v) is 17.5. The standard InChI is InChI=1S/C41H49N5O2/c1-3-12-35-36-28-33(43-41(48)38-17-11-26-46(38)34-15-9-6-10-16-34)22-23-37(36)44-40(35)31-18-20-32(21-19-31)42-39(47)29-45(25-4-2)27-24-30-13-7-5-8-14-30/h3,5-10,12-16,18-23,28,36-38,41,43-44,48H,4,11,17,24-27,29H2,1-2H3,(H,42,47)/b12-3-/t36?,37?,38-,41?/m0/s1. The lowest BCUT2D eigenvalue weighted by Crippen LogP contribution is -2.47. The van der Waals surface area contributed by atoms with Gasteiger partial charge >= 0.3 is 0 Å². The number of hydrogen-bond acceptors (Lipinski definition) is 6. The molecule has 6 rings (SSSR count). The number of hydrogen-bond donors (Lipinski definition) is 4. The third-order valence-electron chi connectivity index (χ3n) is 9.52. The highest BCUT2D eigenvalue weighted by Gasteiger charge is 2.35. The summed E-state index contributed by atoms with van der Waals surface area (Å²) < 4.78 is 0. The lowest BCUT2D eigenvalue weighted by Gasteiger charge is -2.32. The molecular weight excluding hydrogens is 594 g/mol. The fourth-order valence-corrected chi connectivity index (χ4v) is 7.21. The lowest BCUT2D eigenvalue weighted by molar-refractivity contribution is -0.117. The average Bonchev–Trinajstić information content (AvgIpc) is 3.74. The van der Waals surface area contributed by atoms with Gasteiger partial charge in [0.1, 0.15) is 6.23 Å². The molecule has 1 fully saturated rings. The number of para-hydroxylation sites is 1. The first-order chi connectivity index (χ1) is 23.5. The van der Waals surface area contributed by atoms with E-state index in [1.165, 1.54) is 11.1 Å². The van der Waals surface area contributed by atoms with Crippen molar-refractivity contribution >= 4 is 23.0 Å². The zero-order valence-electron chi connectivity index (χ0n) is 28.2. The van der Waals surface area contributed by atoms with Gasteiger partial charge in [-0.05, 0) is 86.2 Å². The Bertz CT molecular complexity index is 1630. The molecule has 7 nitrogen and oxygen atoms in total. The molecule has 1 aliphatic carbocycles. The van der Waals surface area contributed by atoms with Crippen LogP contribution in [0.3, 0.4) is 0 Å². The summed E-state index contributed by atoms with van der Waals surface area (Å²) in [5.74, 6) is 0.134. The number of rotatable bonds is 14. The van der Waals surface area contributed by atoms with Gasteiger partial charge in [0.2, 0.25) is 5.91 Å². The summed E-state index contributed by atoms with van der Waals surface area (Å²) >= 11 is 0. The average molecular weight is 644 g/mol. The first-order valence-electron chi connectivity index (χ1n) is 17.5. The summed E-state index contributed by atoms with van der Waals surface area (Å²) in [7, 11) is 0. The fraction of sp³-hybridized carbons (Fsp3) is 0.341. The molecule has 1 saturated heterocycles. The van der Waals surface area contributed by atoms with Crippen LogP contribution in [0.5, 0.6) is 0 Å². The van der Waals surface area contributed by atoms with Crippen LogP contribution < -0.4 is 20.9 Å². The molecule has 48 heavy (non-hydrogen) atoms. The second kappa shape index (κ2) is 16.0. The Morgan fingerprint density at radius 2 is 1.79 bits per heavy atom. The predicted octanol–water partition coefficient (Wildman–Crippen LogP) is 6.49. The van der Waals surface area contributed by atoms with Crippen LogP contribution in [0.15, 0.2) is 127 Å². The zero-order chi connectivity index (χ0) is 33.3. The van der Waals surface area contributed by atoms with E-state index in [-0.39, 0.29) is 23.9 Å². The molecule has 1 amide bonds. The highest BCUT2D eigenvalue weighted by Crippen LogP contribution is 2.37. The van der Waals surface area contributed by atoms with E-state index in [2.05, 4.69) is 124 Å². The van der Waals surface area contributed by atoms with E-state index in [1.54, 1.807) is 0 Å². The number of allylic oxidation sites excluding steroid dienone is 3. The number of carbonyl (C=O) groups is 1. The Labute approximate surface area is 285 Å². The van der Waals surface area contributed by atoms with Crippen molar-refractivity contribution in [3.05, 3.63) is 138 Å². The molecular formula is C41H49N5O2. The Morgan fingerprint density at radius 1 is 1.04 bits per heavy atom. The van der Waals surface area contributed by atoms with E-state index in [4.69, 9.17) is 0 Å². The van der Waals surface area contributed by atoms with Gasteiger partial charge in [0.05, 0.1) is 18.6 Å². The van der Waals surface area contributed by atoms with Crippen LogP contribution in [-0.2, 0) is 11.2 Å². The number of aliphatic hydroxyl groups excluding tert-OH is 1. The molecule has 4 N–H and O–H groups in total. The van der Waals surface area contributed by atoms with Gasteiger partial charge in [-0.1, -0.05) is 91.9 Å². The van der Waals surface area contributed by atoms with E-state index < -0.39 is 6.23 Å². The van der Waals surface area contributed by atoms with Crippen molar-refractivity contribution in [3.8, 4) is 0 Å². The highest BCUT2D eigenvalue weighted by atomic mass is 16.3. The summed E-state index contributed by atoms with van der Waals surface area (Å²) in [6, 6.07) is 29.1. The van der Waals surface area contributed by atoms with Gasteiger partial charge in [-0.15, -0.1) is 0 Å². The van der Waals surface area contributed by atoms with Crippen molar-refractivity contribution in [2.24, 2.45) is 5.92 Å². The van der Waals surface area contributed by atoms with Gasteiger partial charge in [0.15, 0.2) is 0 Å². The second-order valence-electron chi connectivity index (χ2n) is 13.0. The number of anilines is 2. The molecule has 4 atom stereocenters. The first kappa shape index (κ1) is 33.3. The molecule has 250 valence electrons. The maximum absolute atomic E-state index is 13.0. The summed E-state index contributed by atoms with van der Waals surface area (Å²) in [6.07, 6.45) is 14.0. The number of nitrogens with one attached hydrogen (secondary N) is 3. The van der Waals surface area contributed by atoms with Gasteiger partial charge in [-0.3, -0.25) is 9.69 Å². The minimum atomic E-state index is -0.677. The summed E-state index contributed by atoms with van der Waals surface area (Å²) in [5, 5.41) is 21.6. The van der Waals surface area contributed by atoms with Crippen LogP contribution >= 0.6 is 0 Å². The minimum absolute atomic E-state index is 0.00470. The third kappa shape index (κ3) is 8.09. The largest absolute Gasteiger partial charge is 0.377 e. The second-order valence-corrected chi connectivity index (χ2v) is 13.0. The monoisotopic (exact) mass is 643 g/mol. The smallest absolute Gasteiger partial charge is 0.238 e. The molecule has 3 aromatic carbocycles. The molecule has 0 bridgehead atoms. The molecule has 2 heterocycles. The molecule has 3 unspecified atom stereocenters. The van der Waals surface area contributed by atoms with Crippen molar-refractivity contribution in [3.63, 3.8) is 0 Å². The molecule has 0 radical (unpaired) electrons. The number of carbonyl (C=O) groups excluding carboxylic acids is 1. The maximum Gasteiger partial charge on any atom is 0.238 e. The Morgan fingerprint density at radius 3 is 2.52 bits per heavy atom. The van der Waals surface area contributed by atoms with Gasteiger partial charge in [-0.25, -0.2) is 0 Å². The molecule has 2 aliphatic heterocycles. The van der Waals surface area contributed by atoms with Crippen LogP contribution in [0, 0.1) is 5.92 Å². The minimum Gasteiger partial charge on any atom is -0.377 e. The van der Waals surface area contributed by atoms with E-state index in [0.717, 1.165) is 73.6 Å². The summed E-state index contributed by atoms with van der Waals surface area (Å²) in [4.78, 5) is 17.6. The van der Waals surface area contributed by atoms with E-state index in [1.807, 2.05) is 31.2 Å². The van der Waals surface area contributed by atoms with Gasteiger partial charge < -0.3 is 26.0 Å². The van der Waals surface area contributed by atoms with Crippen molar-refractivity contribution in [1.82, 2.24) is 15.5 Å². The van der Waals surface area contributed by atoms with Crippen LogP contribution in [0.1, 0.15) is 44.2 Å². The molecule has 3 aliphatic rings. The summed E-state index contributed by atoms with van der Waals surface area (Å²) in [5.41, 5.74) is 7.54. The highest BCUT2D eigenvalue weighted by molar-refractivity contribution is 5.92. The molecule has 3 aromatic rings. The van der Waals surface area contributed by atoms with E-state index in [0.29, 0.717) is 6.54 Å². The normalized spacial score (nSPS) is 21.0. The van der Waals surface area contributed by atoms with E-state index >= 15 is 0 Å². The number of nitrogens with zero attached hydrogens (tertiary/aromatic N) is 2. The SMILES string of the molecule is C/C=C\C1=C(c2ccc(NC(=O)CN(CCC)CCc3ccccc3)cc2)NC2C=CC(NC(O)[C@@H]3CCCN3c3ccccc3)=CC12. The Kier molecular flexibility index (Phi) is 11.1. The van der Waals surface area contributed by atoms with E-state index in [9.17, 15) is 9.90 Å². The number of amides is 1. The predicted molar refractivity (Wildman–Crippen MR) is 197 cm³/mol. The fourth-order valence-electron chi connectivity index (χ4n) is 7.21. The quantitative estimate of drug-likeness (QED) is 0.151. The van der Waals surface area contributed by atoms with Gasteiger partial charge in [0.25, 0.3) is 0 Å². The number of fused-ring (bicyclic) bond motifs is 1. The summed E-state index contributed by atoms with van der Waals surface area (Å²) in [6.45, 7) is 7.26. The van der Waals surface area contributed by atoms with Crippen molar-refractivity contribution < 1.29 is 9.90 Å². The van der Waals surface area contributed by atoms with Crippen molar-refractivity contribution in [2.45, 2.75) is 57.8 Å². The topological polar surface area (TPSA) is 79.9 Å². The molecule has 0 saturated carbocycles.